The van der Waals surface area contributed by atoms with Crippen LogP contribution in [-0.2, 0) is 37.7 Å². The predicted molar refractivity (Wildman–Crippen MR) is 198 cm³/mol. The van der Waals surface area contributed by atoms with Crippen molar-refractivity contribution in [1.82, 2.24) is 0 Å². The molecule has 0 atom stereocenters. The summed E-state index contributed by atoms with van der Waals surface area (Å²) < 4.78 is 0. The van der Waals surface area contributed by atoms with Gasteiger partial charge >= 0.3 is 25.8 Å². The van der Waals surface area contributed by atoms with E-state index in [1.54, 1.807) is 0 Å². The molecule has 6 aromatic rings. The Hall–Kier alpha value is -4.20. The minimum absolute atomic E-state index is 0. The van der Waals surface area contributed by atoms with Gasteiger partial charge in [0.25, 0.3) is 0 Å². The summed E-state index contributed by atoms with van der Waals surface area (Å²) in [4.78, 5) is 0. The molecule has 1 aliphatic carbocycles. The second kappa shape index (κ2) is 20.8. The third kappa shape index (κ3) is 12.2. The number of hydrogen-bond acceptors (Lipinski definition) is 0. The van der Waals surface area contributed by atoms with E-state index in [1.807, 2.05) is 91.0 Å². The molecule has 1 heteroatoms. The number of rotatable bonds is 5. The van der Waals surface area contributed by atoms with E-state index in [1.165, 1.54) is 42.4 Å². The normalized spacial score (nSPS) is 12.0. The van der Waals surface area contributed by atoms with Crippen molar-refractivity contribution in [3.63, 3.8) is 0 Å². The summed E-state index contributed by atoms with van der Waals surface area (Å²) in [7, 11) is 0. The first-order valence-electron chi connectivity index (χ1n) is 16.3. The van der Waals surface area contributed by atoms with Gasteiger partial charge in [-0.25, -0.2) is 0 Å². The zero-order valence-electron chi connectivity index (χ0n) is 27.6. The Labute approximate surface area is 303 Å². The molecule has 6 aromatic carbocycles. The number of benzene rings is 6. The van der Waals surface area contributed by atoms with Gasteiger partial charge in [-0.15, -0.1) is 36.4 Å². The molecule has 0 spiro atoms. The van der Waals surface area contributed by atoms with E-state index in [0.29, 0.717) is 5.92 Å². The van der Waals surface area contributed by atoms with Gasteiger partial charge < -0.3 is 0 Å². The van der Waals surface area contributed by atoms with Gasteiger partial charge in [-0.2, -0.15) is 73.9 Å². The Kier molecular flexibility index (Phi) is 16.5. The molecule has 0 aliphatic heterocycles. The summed E-state index contributed by atoms with van der Waals surface area (Å²) in [6.45, 7) is 11.2. The van der Waals surface area contributed by atoms with Crippen LogP contribution >= 0.6 is 0 Å². The third-order valence-electron chi connectivity index (χ3n) is 8.48. The molecule has 0 bridgehead atoms. The molecule has 0 unspecified atom stereocenters. The Morgan fingerprint density at radius 3 is 0.957 bits per heavy atom. The molecule has 0 radical (unpaired) electrons. The topological polar surface area (TPSA) is 0 Å². The Morgan fingerprint density at radius 1 is 0.404 bits per heavy atom. The van der Waals surface area contributed by atoms with E-state index in [0.717, 1.165) is 23.1 Å². The number of hydrogen-bond donors (Lipinski definition) is 0. The average Bonchev–Trinajstić information content (AvgIpc) is 3.66. The zero-order valence-corrected chi connectivity index (χ0v) is 31.1. The molecule has 0 aromatic heterocycles. The molecule has 0 amide bonds. The maximum Gasteiger partial charge on any atom is 4.00 e. The molecule has 0 saturated heterocycles. The molecule has 1 fully saturated rings. The molecular formula is C46H47Hf+. The van der Waals surface area contributed by atoms with Gasteiger partial charge in [-0.05, 0) is 41.9 Å². The van der Waals surface area contributed by atoms with Crippen LogP contribution in [0.15, 0.2) is 182 Å². The summed E-state index contributed by atoms with van der Waals surface area (Å²) in [5, 5.41) is 0. The first-order chi connectivity index (χ1) is 22.6. The minimum Gasteiger partial charge on any atom is -0.199 e. The summed E-state index contributed by atoms with van der Waals surface area (Å²) in [6, 6.07) is 63.1. The largest absolute Gasteiger partial charge is 4.00 e. The van der Waals surface area contributed by atoms with Crippen LogP contribution in [0.25, 0.3) is 0 Å². The van der Waals surface area contributed by atoms with Crippen molar-refractivity contribution in [2.45, 2.75) is 37.5 Å². The molecule has 234 valence electrons. The summed E-state index contributed by atoms with van der Waals surface area (Å²) >= 11 is 0. The van der Waals surface area contributed by atoms with Crippen molar-refractivity contribution in [1.29, 1.82) is 0 Å². The van der Waals surface area contributed by atoms with Crippen molar-refractivity contribution in [3.05, 3.63) is 236 Å². The van der Waals surface area contributed by atoms with Crippen LogP contribution in [0, 0.1) is 26.7 Å². The van der Waals surface area contributed by atoms with Crippen molar-refractivity contribution in [2.75, 3.05) is 0 Å². The smallest absolute Gasteiger partial charge is 0.199 e. The second-order valence-corrected chi connectivity index (χ2v) is 11.8. The van der Waals surface area contributed by atoms with Crippen LogP contribution in [0.5, 0.6) is 0 Å². The van der Waals surface area contributed by atoms with Gasteiger partial charge in [-0.3, -0.25) is 0 Å². The molecule has 47 heavy (non-hydrogen) atoms. The summed E-state index contributed by atoms with van der Waals surface area (Å²) in [6.07, 6.45) is 6.46. The fourth-order valence-electron chi connectivity index (χ4n) is 6.23. The van der Waals surface area contributed by atoms with E-state index in [-0.39, 0.29) is 31.3 Å². The fraction of sp³-hybridized carbons (Fsp3) is 0.152. The fourth-order valence-corrected chi connectivity index (χ4v) is 6.23. The van der Waals surface area contributed by atoms with Crippen LogP contribution in [0.4, 0.5) is 0 Å². The van der Waals surface area contributed by atoms with E-state index >= 15 is 0 Å². The van der Waals surface area contributed by atoms with Crippen molar-refractivity contribution < 1.29 is 25.8 Å². The Bertz CT molecular complexity index is 1470. The van der Waals surface area contributed by atoms with Gasteiger partial charge in [0.15, 0.2) is 0 Å². The summed E-state index contributed by atoms with van der Waals surface area (Å²) in [5.41, 5.74) is 7.66. The molecule has 1 aliphatic rings. The minimum atomic E-state index is 0. The molecule has 0 nitrogen and oxygen atoms in total. The summed E-state index contributed by atoms with van der Waals surface area (Å²) in [5.74, 6) is 0.706. The predicted octanol–water partition coefficient (Wildman–Crippen LogP) is 12.0. The van der Waals surface area contributed by atoms with E-state index in [9.17, 15) is 0 Å². The van der Waals surface area contributed by atoms with Gasteiger partial charge in [0.2, 0.25) is 0 Å². The van der Waals surface area contributed by atoms with E-state index < -0.39 is 0 Å². The maximum atomic E-state index is 3.72. The SMILES string of the molecule is [CH2-]c1ccccc1.[CH2-]c1ccccc1.[CH2-]c1ccccc1.[Hf+4].c1ccc(CC(c2ccccc2)(c2ccccc2)C2CCCC2)cc1. The Morgan fingerprint density at radius 2 is 0.681 bits per heavy atom. The monoisotopic (exact) mass is 779 g/mol. The van der Waals surface area contributed by atoms with Gasteiger partial charge in [0.05, 0.1) is 0 Å². The first kappa shape index (κ1) is 37.3. The third-order valence-corrected chi connectivity index (χ3v) is 8.48. The quantitative estimate of drug-likeness (QED) is 0.121. The van der Waals surface area contributed by atoms with Gasteiger partial charge in [-0.1, -0.05) is 122 Å². The zero-order chi connectivity index (χ0) is 32.3. The van der Waals surface area contributed by atoms with Crippen molar-refractivity contribution in [2.24, 2.45) is 5.92 Å². The maximum absolute atomic E-state index is 3.72. The van der Waals surface area contributed by atoms with Crippen LogP contribution in [-0.4, -0.2) is 0 Å². The van der Waals surface area contributed by atoms with Crippen LogP contribution in [0.2, 0.25) is 0 Å². The van der Waals surface area contributed by atoms with Crippen LogP contribution in [0.1, 0.15) is 59.1 Å². The molecule has 0 N–H and O–H groups in total. The molecular weight excluding hydrogens is 731 g/mol. The van der Waals surface area contributed by atoms with E-state index in [2.05, 4.69) is 112 Å². The first-order valence-corrected chi connectivity index (χ1v) is 16.3. The van der Waals surface area contributed by atoms with Crippen molar-refractivity contribution in [3.8, 4) is 0 Å². The standard InChI is InChI=1S/C25H26.3C7H7.Hf/c1-4-12-21(13-5-1)20-25(24-18-10-11-19-24,22-14-6-2-7-15-22)23-16-8-3-9-17-23;3*1-7-5-3-2-4-6-7;/h1-9,12-17,24H,10-11,18-20H2;3*2-6H,1H2;/q;3*-1;+4. The Balaban J connectivity index is 0.000000220. The molecule has 7 rings (SSSR count). The second-order valence-electron chi connectivity index (χ2n) is 11.8. The van der Waals surface area contributed by atoms with Gasteiger partial charge in [0, 0.05) is 5.41 Å². The van der Waals surface area contributed by atoms with Crippen LogP contribution in [0.3, 0.4) is 0 Å². The van der Waals surface area contributed by atoms with E-state index in [4.69, 9.17) is 0 Å². The van der Waals surface area contributed by atoms with Gasteiger partial charge in [0.1, 0.15) is 0 Å². The average molecular weight is 778 g/mol. The molecule has 1 saturated carbocycles. The van der Waals surface area contributed by atoms with Crippen LogP contribution < -0.4 is 0 Å². The van der Waals surface area contributed by atoms with Crippen molar-refractivity contribution >= 4 is 0 Å². The molecule has 0 heterocycles.